The fraction of sp³-hybridized carbons (Fsp3) is 0.533. The molecule has 0 saturated heterocycles. The maximum absolute atomic E-state index is 10.1. The highest BCUT2D eigenvalue weighted by Gasteiger charge is 2.21. The third-order valence-electron chi connectivity index (χ3n) is 3.35. The fourth-order valence-electron chi connectivity index (χ4n) is 1.94. The van der Waals surface area contributed by atoms with Gasteiger partial charge in [-0.3, -0.25) is 4.99 Å². The summed E-state index contributed by atoms with van der Waals surface area (Å²) in [6.07, 6.45) is 1.34. The van der Waals surface area contributed by atoms with Crippen LogP contribution in [0.5, 0.6) is 0 Å². The van der Waals surface area contributed by atoms with Gasteiger partial charge in [0.15, 0.2) is 5.96 Å². The molecule has 0 unspecified atom stereocenters. The Labute approximate surface area is 115 Å². The highest BCUT2D eigenvalue weighted by Crippen LogP contribution is 2.16. The Morgan fingerprint density at radius 1 is 1.21 bits per heavy atom. The van der Waals surface area contributed by atoms with E-state index in [0.29, 0.717) is 25.3 Å². The van der Waals surface area contributed by atoms with Crippen molar-refractivity contribution in [2.24, 2.45) is 10.7 Å². The number of aryl methyl sites for hydroxylation is 2. The van der Waals surface area contributed by atoms with Crippen LogP contribution in [0.25, 0.3) is 0 Å². The van der Waals surface area contributed by atoms with Gasteiger partial charge >= 0.3 is 0 Å². The highest BCUT2D eigenvalue weighted by atomic mass is 16.3. The zero-order valence-electron chi connectivity index (χ0n) is 12.3. The van der Waals surface area contributed by atoms with Gasteiger partial charge in [-0.1, -0.05) is 19.9 Å². The molecular weight excluding hydrogens is 238 g/mol. The molecule has 0 aliphatic heterocycles. The molecule has 4 heteroatoms. The molecule has 0 heterocycles. The number of hydrogen-bond acceptors (Lipinski definition) is 2. The minimum Gasteiger partial charge on any atom is -0.388 e. The van der Waals surface area contributed by atoms with Crippen molar-refractivity contribution in [3.63, 3.8) is 0 Å². The van der Waals surface area contributed by atoms with Gasteiger partial charge in [-0.05, 0) is 49.9 Å². The lowest BCUT2D eigenvalue weighted by Gasteiger charge is -2.22. The standard InChI is InChI=1S/C15H25N3O/c1-5-15(19,6-2)10-17-14(16)18-13-8-11(3)7-12(4)9-13/h7-9,19H,5-6,10H2,1-4H3,(H3,16,17,18). The lowest BCUT2D eigenvalue weighted by atomic mass is 9.98. The summed E-state index contributed by atoms with van der Waals surface area (Å²) >= 11 is 0. The number of anilines is 1. The molecule has 1 rings (SSSR count). The molecule has 4 N–H and O–H groups in total. The molecule has 0 radical (unpaired) electrons. The smallest absolute Gasteiger partial charge is 0.193 e. The maximum atomic E-state index is 10.1. The molecule has 1 aromatic rings. The Bertz CT molecular complexity index is 430. The van der Waals surface area contributed by atoms with Crippen molar-refractivity contribution < 1.29 is 5.11 Å². The van der Waals surface area contributed by atoms with E-state index in [1.54, 1.807) is 0 Å². The predicted octanol–water partition coefficient (Wildman–Crippen LogP) is 2.58. The van der Waals surface area contributed by atoms with Gasteiger partial charge < -0.3 is 16.2 Å². The zero-order valence-corrected chi connectivity index (χ0v) is 12.3. The molecule has 1 aromatic carbocycles. The highest BCUT2D eigenvalue weighted by molar-refractivity contribution is 5.92. The first-order valence-electron chi connectivity index (χ1n) is 6.76. The predicted molar refractivity (Wildman–Crippen MR) is 81.6 cm³/mol. The van der Waals surface area contributed by atoms with Crippen LogP contribution in [0.15, 0.2) is 23.2 Å². The molecule has 4 nitrogen and oxygen atoms in total. The quantitative estimate of drug-likeness (QED) is 0.565. The summed E-state index contributed by atoms with van der Waals surface area (Å²) in [4.78, 5) is 4.23. The average Bonchev–Trinajstić information content (AvgIpc) is 2.35. The van der Waals surface area contributed by atoms with Gasteiger partial charge in [-0.2, -0.15) is 0 Å². The number of guanidine groups is 1. The molecule has 0 atom stereocenters. The Hall–Kier alpha value is -1.55. The van der Waals surface area contributed by atoms with Crippen molar-refractivity contribution in [2.75, 3.05) is 11.9 Å². The average molecular weight is 263 g/mol. The Kier molecular flexibility index (Phi) is 5.36. The zero-order chi connectivity index (χ0) is 14.5. The second kappa shape index (κ2) is 6.57. The van der Waals surface area contributed by atoms with Crippen LogP contribution in [-0.2, 0) is 0 Å². The first-order chi connectivity index (χ1) is 8.88. The largest absolute Gasteiger partial charge is 0.388 e. The van der Waals surface area contributed by atoms with Gasteiger partial charge in [0.05, 0.1) is 12.1 Å². The Balaban J connectivity index is 2.71. The molecule has 0 saturated carbocycles. The van der Waals surface area contributed by atoms with Crippen LogP contribution < -0.4 is 11.1 Å². The normalized spacial score (nSPS) is 12.6. The molecule has 0 fully saturated rings. The van der Waals surface area contributed by atoms with Gasteiger partial charge in [0.1, 0.15) is 0 Å². The van der Waals surface area contributed by atoms with Gasteiger partial charge in [0, 0.05) is 5.69 Å². The molecule has 0 aliphatic rings. The lowest BCUT2D eigenvalue weighted by Crippen LogP contribution is -2.33. The van der Waals surface area contributed by atoms with Crippen molar-refractivity contribution in [1.29, 1.82) is 0 Å². The molecule has 19 heavy (non-hydrogen) atoms. The molecule has 0 aliphatic carbocycles. The summed E-state index contributed by atoms with van der Waals surface area (Å²) in [5.41, 5.74) is 8.37. The number of benzene rings is 1. The summed E-state index contributed by atoms with van der Waals surface area (Å²) in [5.74, 6) is 0.338. The number of hydrogen-bond donors (Lipinski definition) is 3. The minimum absolute atomic E-state index is 0.323. The molecular formula is C15H25N3O. The van der Waals surface area contributed by atoms with Gasteiger partial charge in [-0.25, -0.2) is 0 Å². The van der Waals surface area contributed by atoms with E-state index in [9.17, 15) is 5.11 Å². The second-order valence-electron chi connectivity index (χ2n) is 5.13. The first-order valence-corrected chi connectivity index (χ1v) is 6.76. The summed E-state index contributed by atoms with van der Waals surface area (Å²) in [5, 5.41) is 13.2. The Morgan fingerprint density at radius 3 is 2.21 bits per heavy atom. The summed E-state index contributed by atoms with van der Waals surface area (Å²) in [6, 6.07) is 6.13. The third kappa shape index (κ3) is 4.91. The monoisotopic (exact) mass is 263 g/mol. The number of nitrogens with one attached hydrogen (secondary N) is 1. The van der Waals surface area contributed by atoms with Crippen LogP contribution in [0.3, 0.4) is 0 Å². The molecule has 0 spiro atoms. The number of aliphatic hydroxyl groups is 1. The van der Waals surface area contributed by atoms with Crippen LogP contribution in [-0.4, -0.2) is 23.2 Å². The number of nitrogens with two attached hydrogens (primary N) is 1. The topological polar surface area (TPSA) is 70.6 Å². The van der Waals surface area contributed by atoms with E-state index in [-0.39, 0.29) is 0 Å². The summed E-state index contributed by atoms with van der Waals surface area (Å²) in [7, 11) is 0. The van der Waals surface area contributed by atoms with E-state index in [1.807, 2.05) is 39.8 Å². The van der Waals surface area contributed by atoms with Gasteiger partial charge in [0.2, 0.25) is 0 Å². The third-order valence-corrected chi connectivity index (χ3v) is 3.35. The summed E-state index contributed by atoms with van der Waals surface area (Å²) in [6.45, 7) is 8.31. The van der Waals surface area contributed by atoms with Gasteiger partial charge in [0.25, 0.3) is 0 Å². The second-order valence-corrected chi connectivity index (χ2v) is 5.13. The van der Waals surface area contributed by atoms with Crippen molar-refractivity contribution >= 4 is 11.6 Å². The minimum atomic E-state index is -0.755. The van der Waals surface area contributed by atoms with E-state index in [0.717, 1.165) is 5.69 Å². The van der Waals surface area contributed by atoms with Crippen molar-refractivity contribution in [3.05, 3.63) is 29.3 Å². The van der Waals surface area contributed by atoms with Crippen molar-refractivity contribution in [3.8, 4) is 0 Å². The van der Waals surface area contributed by atoms with Crippen molar-refractivity contribution in [1.82, 2.24) is 0 Å². The van der Waals surface area contributed by atoms with E-state index < -0.39 is 5.60 Å². The molecule has 0 amide bonds. The SMILES string of the molecule is CCC(O)(CC)CN=C(N)Nc1cc(C)cc(C)c1. The first kappa shape index (κ1) is 15.5. The lowest BCUT2D eigenvalue weighted by molar-refractivity contribution is 0.0419. The van der Waals surface area contributed by atoms with E-state index in [1.165, 1.54) is 11.1 Å². The van der Waals surface area contributed by atoms with Gasteiger partial charge in [-0.15, -0.1) is 0 Å². The number of rotatable bonds is 5. The fourth-order valence-corrected chi connectivity index (χ4v) is 1.94. The molecule has 0 aromatic heterocycles. The molecule has 106 valence electrons. The van der Waals surface area contributed by atoms with E-state index in [4.69, 9.17) is 5.73 Å². The number of aliphatic imine (C=N–C) groups is 1. The summed E-state index contributed by atoms with van der Waals surface area (Å²) < 4.78 is 0. The van der Waals surface area contributed by atoms with Crippen LogP contribution in [0.4, 0.5) is 5.69 Å². The van der Waals surface area contributed by atoms with E-state index in [2.05, 4.69) is 16.4 Å². The number of nitrogens with zero attached hydrogens (tertiary/aromatic N) is 1. The maximum Gasteiger partial charge on any atom is 0.193 e. The van der Waals surface area contributed by atoms with Crippen molar-refractivity contribution in [2.45, 2.75) is 46.1 Å². The van der Waals surface area contributed by atoms with Crippen LogP contribution in [0.1, 0.15) is 37.8 Å². The van der Waals surface area contributed by atoms with Crippen LogP contribution in [0.2, 0.25) is 0 Å². The molecule has 0 bridgehead atoms. The van der Waals surface area contributed by atoms with Crippen LogP contribution in [0, 0.1) is 13.8 Å². The Morgan fingerprint density at radius 2 is 1.74 bits per heavy atom. The van der Waals surface area contributed by atoms with Crippen LogP contribution >= 0.6 is 0 Å². The van der Waals surface area contributed by atoms with E-state index >= 15 is 0 Å².